The fourth-order valence-corrected chi connectivity index (χ4v) is 13.7. The van der Waals surface area contributed by atoms with E-state index in [1.807, 2.05) is 0 Å². The minimum Gasteiger partial charge on any atom is -0.462 e. The van der Waals surface area contributed by atoms with Gasteiger partial charge >= 0.3 is 39.5 Å². The van der Waals surface area contributed by atoms with Gasteiger partial charge in [-0.25, -0.2) is 9.13 Å². The molecule has 17 nitrogen and oxygen atoms in total. The van der Waals surface area contributed by atoms with Gasteiger partial charge in [-0.1, -0.05) is 363 Å². The van der Waals surface area contributed by atoms with Gasteiger partial charge in [0.2, 0.25) is 0 Å². The summed E-state index contributed by atoms with van der Waals surface area (Å²) < 4.78 is 68.7. The highest BCUT2D eigenvalue weighted by molar-refractivity contribution is 7.47. The first-order valence-electron chi connectivity index (χ1n) is 41.0. The third-order valence-corrected chi connectivity index (χ3v) is 20.7. The van der Waals surface area contributed by atoms with Crippen molar-refractivity contribution in [2.24, 2.45) is 11.8 Å². The van der Waals surface area contributed by atoms with Gasteiger partial charge in [0.15, 0.2) is 12.2 Å². The largest absolute Gasteiger partial charge is 0.472 e. The molecule has 0 radical (unpaired) electrons. The molecule has 0 aliphatic rings. The summed E-state index contributed by atoms with van der Waals surface area (Å²) in [6.07, 6.45) is 59.6. The van der Waals surface area contributed by atoms with E-state index in [2.05, 4.69) is 41.5 Å². The lowest BCUT2D eigenvalue weighted by atomic mass is 9.99. The Morgan fingerprint density at radius 1 is 0.296 bits per heavy atom. The van der Waals surface area contributed by atoms with Crippen LogP contribution in [0.4, 0.5) is 0 Å². The van der Waals surface area contributed by atoms with Crippen molar-refractivity contribution in [2.45, 2.75) is 432 Å². The first-order valence-corrected chi connectivity index (χ1v) is 44.0. The second kappa shape index (κ2) is 70.7. The first kappa shape index (κ1) is 96.1. The van der Waals surface area contributed by atoms with E-state index in [1.165, 1.54) is 225 Å². The fourth-order valence-electron chi connectivity index (χ4n) is 12.2. The summed E-state index contributed by atoms with van der Waals surface area (Å²) in [6, 6.07) is 0. The zero-order valence-electron chi connectivity index (χ0n) is 64.1. The van der Waals surface area contributed by atoms with Gasteiger partial charge < -0.3 is 33.8 Å². The second-order valence-corrected chi connectivity index (χ2v) is 32.1. The molecule has 582 valence electrons. The van der Waals surface area contributed by atoms with Gasteiger partial charge in [-0.05, 0) is 37.5 Å². The molecule has 0 aliphatic heterocycles. The molecule has 0 aromatic heterocycles. The van der Waals surface area contributed by atoms with E-state index in [-0.39, 0.29) is 25.7 Å². The Hall–Kier alpha value is -1.94. The summed E-state index contributed by atoms with van der Waals surface area (Å²) in [5.74, 6) is -0.559. The van der Waals surface area contributed by atoms with Crippen LogP contribution in [-0.2, 0) is 65.4 Å². The van der Waals surface area contributed by atoms with E-state index in [4.69, 9.17) is 37.0 Å². The number of carbonyl (C=O) groups excluding carboxylic acids is 4. The van der Waals surface area contributed by atoms with Crippen LogP contribution in [0.2, 0.25) is 0 Å². The van der Waals surface area contributed by atoms with Crippen LogP contribution in [0.5, 0.6) is 0 Å². The highest BCUT2D eigenvalue weighted by Crippen LogP contribution is 2.45. The van der Waals surface area contributed by atoms with E-state index in [9.17, 15) is 43.2 Å². The van der Waals surface area contributed by atoms with Gasteiger partial charge in [0, 0.05) is 25.7 Å². The molecule has 0 aromatic carbocycles. The minimum atomic E-state index is -4.96. The van der Waals surface area contributed by atoms with E-state index < -0.39 is 97.5 Å². The van der Waals surface area contributed by atoms with Crippen molar-refractivity contribution in [2.75, 3.05) is 39.6 Å². The van der Waals surface area contributed by atoms with Crippen LogP contribution in [-0.4, -0.2) is 96.7 Å². The Bertz CT molecular complexity index is 1890. The van der Waals surface area contributed by atoms with E-state index in [1.54, 1.807) is 0 Å². The van der Waals surface area contributed by atoms with Crippen molar-refractivity contribution in [1.29, 1.82) is 0 Å². The van der Waals surface area contributed by atoms with Crippen LogP contribution >= 0.6 is 15.6 Å². The van der Waals surface area contributed by atoms with E-state index in [0.29, 0.717) is 31.6 Å². The lowest BCUT2D eigenvalue weighted by molar-refractivity contribution is -0.161. The van der Waals surface area contributed by atoms with Crippen molar-refractivity contribution >= 4 is 39.5 Å². The second-order valence-electron chi connectivity index (χ2n) is 29.2. The quantitative estimate of drug-likeness (QED) is 0.0222. The lowest BCUT2D eigenvalue weighted by Gasteiger charge is -2.21. The number of unbranched alkanes of at least 4 members (excludes halogenated alkanes) is 47. The number of ether oxygens (including phenoxy) is 4. The number of phosphoric ester groups is 2. The smallest absolute Gasteiger partial charge is 0.462 e. The SMILES string of the molecule is CCCCCCCCCCCCCCCCCC(=O)OC[C@H](COP(=O)(O)OC[C@@H](O)COP(=O)(O)OC[C@@H](COC(=O)CCCCCCCCCC(C)C)OC(=O)CCCCCCCCCCCCCCCCC)OC(=O)CCCCCCCCCCCCCCCCC(C)CC. The number of carbonyl (C=O) groups is 4. The fraction of sp³-hybridized carbons (Fsp3) is 0.949. The number of rotatable bonds is 78. The molecule has 6 atom stereocenters. The zero-order chi connectivity index (χ0) is 72.1. The Labute approximate surface area is 600 Å². The topological polar surface area (TPSA) is 237 Å². The minimum absolute atomic E-state index is 0.107. The monoisotopic (exact) mass is 1440 g/mol. The van der Waals surface area contributed by atoms with E-state index in [0.717, 1.165) is 102 Å². The van der Waals surface area contributed by atoms with Crippen LogP contribution in [0.3, 0.4) is 0 Å². The van der Waals surface area contributed by atoms with Gasteiger partial charge in [-0.2, -0.15) is 0 Å². The molecule has 0 bridgehead atoms. The van der Waals surface area contributed by atoms with Gasteiger partial charge in [-0.3, -0.25) is 37.3 Å². The molecule has 0 aliphatic carbocycles. The van der Waals surface area contributed by atoms with E-state index >= 15 is 0 Å². The predicted octanol–water partition coefficient (Wildman–Crippen LogP) is 23.5. The molecule has 3 N–H and O–H groups in total. The van der Waals surface area contributed by atoms with Crippen LogP contribution in [0, 0.1) is 11.8 Å². The molecule has 0 saturated heterocycles. The normalized spacial score (nSPS) is 14.2. The van der Waals surface area contributed by atoms with Gasteiger partial charge in [0.25, 0.3) is 0 Å². The molecule has 0 spiro atoms. The van der Waals surface area contributed by atoms with Gasteiger partial charge in [0.1, 0.15) is 19.3 Å². The van der Waals surface area contributed by atoms with Crippen molar-refractivity contribution < 1.29 is 80.2 Å². The highest BCUT2D eigenvalue weighted by atomic mass is 31.2. The van der Waals surface area contributed by atoms with Crippen LogP contribution in [0.1, 0.15) is 414 Å². The summed E-state index contributed by atoms with van der Waals surface area (Å²) >= 11 is 0. The summed E-state index contributed by atoms with van der Waals surface area (Å²) in [4.78, 5) is 72.9. The van der Waals surface area contributed by atoms with Crippen molar-refractivity contribution in [1.82, 2.24) is 0 Å². The van der Waals surface area contributed by atoms with Crippen molar-refractivity contribution in [3.05, 3.63) is 0 Å². The highest BCUT2D eigenvalue weighted by Gasteiger charge is 2.30. The molecule has 0 fully saturated rings. The maximum atomic E-state index is 13.1. The molecule has 0 saturated carbocycles. The molecule has 3 unspecified atom stereocenters. The third-order valence-electron chi connectivity index (χ3n) is 18.8. The van der Waals surface area contributed by atoms with Crippen LogP contribution in [0.25, 0.3) is 0 Å². The number of hydrogen-bond donors (Lipinski definition) is 3. The Morgan fingerprint density at radius 3 is 0.776 bits per heavy atom. The number of esters is 4. The summed E-state index contributed by atoms with van der Waals surface area (Å²) in [7, 11) is -9.92. The molecule has 0 heterocycles. The molecule has 19 heteroatoms. The molecular weight excluding hydrogens is 1280 g/mol. The summed E-state index contributed by atoms with van der Waals surface area (Å²) in [5, 5.41) is 10.6. The Balaban J connectivity index is 5.25. The van der Waals surface area contributed by atoms with Crippen LogP contribution < -0.4 is 0 Å². The van der Waals surface area contributed by atoms with Crippen LogP contribution in [0.15, 0.2) is 0 Å². The molecule has 0 amide bonds. The number of aliphatic hydroxyl groups excluding tert-OH is 1. The molecule has 0 rings (SSSR count). The maximum Gasteiger partial charge on any atom is 0.472 e. The standard InChI is InChI=1S/C79H154O17P2/c1-7-10-12-14-16-18-20-22-24-29-33-37-43-49-55-61-76(81)89-67-74(95-78(83)64-58-52-45-39-35-31-27-26-28-32-36-42-48-54-60-72(6)9-3)69-93-97(85,86)91-65-73(80)66-92-98(87,88)94-70-75(68-90-77(82)62-56-50-46-40-41-47-53-59-71(4)5)96-79(84)63-57-51-44-38-34-30-25-23-21-19-17-15-13-11-8-2/h71-75,80H,7-70H2,1-6H3,(H,85,86)(H,87,88)/t72?,73-,74-,75-/m1/s1. The Morgan fingerprint density at radius 2 is 0.520 bits per heavy atom. The van der Waals surface area contributed by atoms with Crippen molar-refractivity contribution in [3.8, 4) is 0 Å². The maximum absolute atomic E-state index is 13.1. The first-order chi connectivity index (χ1) is 47.4. The predicted molar refractivity (Wildman–Crippen MR) is 400 cm³/mol. The summed E-state index contributed by atoms with van der Waals surface area (Å²) in [6.45, 7) is 9.63. The van der Waals surface area contributed by atoms with Gasteiger partial charge in [0.05, 0.1) is 26.4 Å². The third kappa shape index (κ3) is 71.1. The number of aliphatic hydroxyl groups is 1. The number of phosphoric acid groups is 2. The average Bonchev–Trinajstić information content (AvgIpc) is 0.932. The Kier molecular flexibility index (Phi) is 69.3. The number of hydrogen-bond acceptors (Lipinski definition) is 15. The molecule has 0 aromatic rings. The lowest BCUT2D eigenvalue weighted by Crippen LogP contribution is -2.30. The molecule has 98 heavy (non-hydrogen) atoms. The summed E-state index contributed by atoms with van der Waals surface area (Å²) in [5.41, 5.74) is 0. The van der Waals surface area contributed by atoms with Gasteiger partial charge in [-0.15, -0.1) is 0 Å². The van der Waals surface area contributed by atoms with Crippen molar-refractivity contribution in [3.63, 3.8) is 0 Å². The zero-order valence-corrected chi connectivity index (χ0v) is 65.9. The molecular formula is C79H154O17P2. The average molecular weight is 1440 g/mol.